The van der Waals surface area contributed by atoms with Crippen molar-refractivity contribution < 1.29 is 28.5 Å². The first-order valence-corrected chi connectivity index (χ1v) is 10.8. The lowest BCUT2D eigenvalue weighted by atomic mass is 9.70. The fourth-order valence-electron chi connectivity index (χ4n) is 4.52. The summed E-state index contributed by atoms with van der Waals surface area (Å²) < 4.78 is 22.3. The Hall–Kier alpha value is -3.51. The summed E-state index contributed by atoms with van der Waals surface area (Å²) in [6, 6.07) is 7.18. The Morgan fingerprint density at radius 2 is 2.00 bits per heavy atom. The average molecular weight is 453 g/mol. The van der Waals surface area contributed by atoms with Crippen LogP contribution in [0.4, 0.5) is 4.79 Å². The molecule has 4 rings (SSSR count). The molecule has 0 radical (unpaired) electrons. The molecule has 1 fully saturated rings. The molecule has 3 aliphatic rings. The molecule has 2 N–H and O–H groups in total. The van der Waals surface area contributed by atoms with Gasteiger partial charge in [-0.3, -0.25) is 4.79 Å². The van der Waals surface area contributed by atoms with E-state index in [1.54, 1.807) is 18.2 Å². The van der Waals surface area contributed by atoms with Crippen molar-refractivity contribution >= 4 is 11.9 Å². The molecule has 1 saturated heterocycles. The highest BCUT2D eigenvalue weighted by atomic mass is 16.6. The van der Waals surface area contributed by atoms with Crippen molar-refractivity contribution in [2.75, 3.05) is 33.4 Å². The summed E-state index contributed by atoms with van der Waals surface area (Å²) in [4.78, 5) is 27.7. The summed E-state index contributed by atoms with van der Waals surface area (Å²) in [5.41, 5.74) is 6.74. The second-order valence-electron chi connectivity index (χ2n) is 9.05. The maximum absolute atomic E-state index is 13.3. The fraction of sp³-hybridized carbons (Fsp3) is 0.458. The predicted octanol–water partition coefficient (Wildman–Crippen LogP) is 2.98. The smallest absolute Gasteiger partial charge is 0.415 e. The zero-order valence-electron chi connectivity index (χ0n) is 19.0. The number of hydrogen-bond donors (Lipinski definition) is 1. The van der Waals surface area contributed by atoms with Crippen LogP contribution in [0.25, 0.3) is 0 Å². The average Bonchev–Trinajstić information content (AvgIpc) is 2.78. The number of methoxy groups -OCH3 is 1. The van der Waals surface area contributed by atoms with Crippen LogP contribution in [0.2, 0.25) is 0 Å². The molecule has 0 bridgehead atoms. The molecule has 2 aliphatic heterocycles. The normalized spacial score (nSPS) is 22.3. The third-order valence-electron chi connectivity index (χ3n) is 6.07. The molecule has 9 heteroatoms. The number of hydrogen-bond acceptors (Lipinski definition) is 8. The van der Waals surface area contributed by atoms with Crippen LogP contribution in [0, 0.1) is 16.7 Å². The van der Waals surface area contributed by atoms with Crippen LogP contribution < -0.4 is 15.2 Å². The first kappa shape index (κ1) is 22.7. The molecular weight excluding hydrogens is 426 g/mol. The van der Waals surface area contributed by atoms with Gasteiger partial charge in [0.05, 0.1) is 26.2 Å². The molecule has 0 spiro atoms. The van der Waals surface area contributed by atoms with E-state index in [1.807, 2.05) is 13.8 Å². The number of ketones is 1. The molecule has 1 amide bonds. The standard InChI is InChI=1S/C24H27N3O6/c1-24(2)11-16(28)20-18(12-24)32-22(26)15(13-25)19(20)14-5-4-6-17(30-3)21(14)33-23(29)27-7-9-31-10-8-27/h4-6,19H,7-12,26H2,1-3H3. The summed E-state index contributed by atoms with van der Waals surface area (Å²) in [6.45, 7) is 5.61. The molecule has 1 atom stereocenters. The molecule has 1 unspecified atom stereocenters. The Morgan fingerprint density at radius 1 is 1.27 bits per heavy atom. The van der Waals surface area contributed by atoms with Crippen LogP contribution in [0.1, 0.15) is 38.2 Å². The molecular formula is C24H27N3O6. The Labute approximate surface area is 192 Å². The number of carbonyl (C=O) groups is 2. The minimum absolute atomic E-state index is 0.0555. The lowest BCUT2D eigenvalue weighted by molar-refractivity contribution is -0.119. The van der Waals surface area contributed by atoms with Crippen molar-refractivity contribution in [1.82, 2.24) is 4.90 Å². The van der Waals surface area contributed by atoms with Crippen molar-refractivity contribution in [3.8, 4) is 17.6 Å². The molecule has 1 aromatic rings. The Balaban J connectivity index is 1.83. The minimum atomic E-state index is -0.829. The summed E-state index contributed by atoms with van der Waals surface area (Å²) in [7, 11) is 1.46. The lowest BCUT2D eigenvalue weighted by Gasteiger charge is -2.37. The number of amides is 1. The largest absolute Gasteiger partial charge is 0.493 e. The number of carbonyl (C=O) groups excluding carboxylic acids is 2. The second kappa shape index (κ2) is 8.79. The van der Waals surface area contributed by atoms with E-state index in [0.717, 1.165) is 0 Å². The van der Waals surface area contributed by atoms with Gasteiger partial charge >= 0.3 is 6.09 Å². The quantitative estimate of drug-likeness (QED) is 0.741. The van der Waals surface area contributed by atoms with Crippen molar-refractivity contribution in [3.63, 3.8) is 0 Å². The van der Waals surface area contributed by atoms with Gasteiger partial charge in [0.1, 0.15) is 17.4 Å². The topological polar surface area (TPSA) is 124 Å². The van der Waals surface area contributed by atoms with E-state index in [9.17, 15) is 14.9 Å². The molecule has 33 heavy (non-hydrogen) atoms. The van der Waals surface area contributed by atoms with Crippen LogP contribution in [-0.4, -0.2) is 50.2 Å². The van der Waals surface area contributed by atoms with Gasteiger partial charge in [-0.2, -0.15) is 5.26 Å². The Morgan fingerprint density at radius 3 is 2.67 bits per heavy atom. The van der Waals surface area contributed by atoms with Gasteiger partial charge in [-0.25, -0.2) is 4.79 Å². The first-order chi connectivity index (χ1) is 15.8. The summed E-state index contributed by atoms with van der Waals surface area (Å²) in [6.07, 6.45) is 0.241. The second-order valence-corrected chi connectivity index (χ2v) is 9.05. The number of ether oxygens (including phenoxy) is 4. The molecule has 174 valence electrons. The van der Waals surface area contributed by atoms with E-state index >= 15 is 0 Å². The number of nitriles is 1. The third-order valence-corrected chi connectivity index (χ3v) is 6.07. The molecule has 2 heterocycles. The van der Waals surface area contributed by atoms with E-state index in [4.69, 9.17) is 24.7 Å². The van der Waals surface area contributed by atoms with E-state index in [2.05, 4.69) is 6.07 Å². The zero-order valence-corrected chi connectivity index (χ0v) is 19.0. The zero-order chi connectivity index (χ0) is 23.8. The number of Topliss-reactive ketones (excluding diaryl/α,β-unsaturated/α-hetero) is 1. The van der Waals surface area contributed by atoms with Crippen molar-refractivity contribution in [2.24, 2.45) is 11.1 Å². The van der Waals surface area contributed by atoms with E-state index in [1.165, 1.54) is 12.0 Å². The van der Waals surface area contributed by atoms with Crippen LogP contribution >= 0.6 is 0 Å². The van der Waals surface area contributed by atoms with Gasteiger partial charge in [0.25, 0.3) is 0 Å². The number of rotatable bonds is 3. The Bertz CT molecular complexity index is 1090. The van der Waals surface area contributed by atoms with Crippen LogP contribution in [0.15, 0.2) is 41.0 Å². The highest BCUT2D eigenvalue weighted by molar-refractivity contribution is 6.00. The minimum Gasteiger partial charge on any atom is -0.493 e. The third kappa shape index (κ3) is 4.26. The van der Waals surface area contributed by atoms with Crippen LogP contribution in [0.5, 0.6) is 11.5 Å². The van der Waals surface area contributed by atoms with Gasteiger partial charge in [-0.15, -0.1) is 0 Å². The monoisotopic (exact) mass is 453 g/mol. The van der Waals surface area contributed by atoms with Gasteiger partial charge < -0.3 is 29.6 Å². The van der Waals surface area contributed by atoms with Crippen molar-refractivity contribution in [1.29, 1.82) is 5.26 Å². The highest BCUT2D eigenvalue weighted by Crippen LogP contribution is 2.50. The van der Waals surface area contributed by atoms with Crippen LogP contribution in [0.3, 0.4) is 0 Å². The van der Waals surface area contributed by atoms with Crippen molar-refractivity contribution in [2.45, 2.75) is 32.6 Å². The summed E-state index contributed by atoms with van der Waals surface area (Å²) in [5, 5.41) is 9.91. The molecule has 1 aromatic carbocycles. The van der Waals surface area contributed by atoms with E-state index < -0.39 is 12.0 Å². The molecule has 9 nitrogen and oxygen atoms in total. The molecule has 0 saturated carbocycles. The van der Waals surface area contributed by atoms with Gasteiger partial charge in [0.15, 0.2) is 17.3 Å². The van der Waals surface area contributed by atoms with E-state index in [0.29, 0.717) is 61.8 Å². The van der Waals surface area contributed by atoms with Gasteiger partial charge in [0, 0.05) is 37.1 Å². The lowest BCUT2D eigenvalue weighted by Crippen LogP contribution is -2.42. The molecule has 0 aromatic heterocycles. The maximum atomic E-state index is 13.3. The number of nitrogens with two attached hydrogens (primary N) is 1. The van der Waals surface area contributed by atoms with Crippen molar-refractivity contribution in [3.05, 3.63) is 46.6 Å². The number of benzene rings is 1. The van der Waals surface area contributed by atoms with E-state index in [-0.39, 0.29) is 28.4 Å². The summed E-state index contributed by atoms with van der Waals surface area (Å²) in [5.74, 6) is -0.105. The van der Waals surface area contributed by atoms with Gasteiger partial charge in [-0.05, 0) is 11.5 Å². The SMILES string of the molecule is COc1cccc(C2C(C#N)=C(N)OC3=C2C(=O)CC(C)(C)C3)c1OC(=O)N1CCOCC1. The number of para-hydroxylation sites is 1. The number of allylic oxidation sites excluding steroid dienone is 3. The van der Waals surface area contributed by atoms with Crippen LogP contribution in [-0.2, 0) is 14.3 Å². The maximum Gasteiger partial charge on any atom is 0.415 e. The highest BCUT2D eigenvalue weighted by Gasteiger charge is 2.44. The Kier molecular flexibility index (Phi) is 6.04. The summed E-state index contributed by atoms with van der Waals surface area (Å²) >= 11 is 0. The van der Waals surface area contributed by atoms with Gasteiger partial charge in [-0.1, -0.05) is 26.0 Å². The fourth-order valence-corrected chi connectivity index (χ4v) is 4.52. The van der Waals surface area contributed by atoms with Gasteiger partial charge in [0.2, 0.25) is 5.88 Å². The number of nitrogens with zero attached hydrogens (tertiary/aromatic N) is 2. The predicted molar refractivity (Wildman–Crippen MR) is 117 cm³/mol. The molecule has 1 aliphatic carbocycles. The first-order valence-electron chi connectivity index (χ1n) is 10.8. The number of morpholine rings is 1.